The zero-order valence-electron chi connectivity index (χ0n) is 14.3. The van der Waals surface area contributed by atoms with E-state index in [0.717, 1.165) is 19.3 Å². The van der Waals surface area contributed by atoms with Gasteiger partial charge in [0.1, 0.15) is 0 Å². The number of alkyl halides is 1. The molecule has 0 saturated heterocycles. The minimum absolute atomic E-state index is 0.126. The first-order valence-corrected chi connectivity index (χ1v) is 9.64. The van der Waals surface area contributed by atoms with Crippen molar-refractivity contribution >= 4 is 39.3 Å². The largest absolute Gasteiger partial charge is 0.453 e. The fraction of sp³-hybridized carbons (Fsp3) is 0.579. The Kier molecular flexibility index (Phi) is 4.06. The Labute approximate surface area is 156 Å². The second-order valence-corrected chi connectivity index (χ2v) is 9.73. The molecule has 4 saturated carbocycles. The van der Waals surface area contributed by atoms with E-state index in [-0.39, 0.29) is 15.6 Å². The maximum absolute atomic E-state index is 13.2. The summed E-state index contributed by atoms with van der Waals surface area (Å²) in [5.41, 5.74) is 1.06. The molecular formula is C19H23BrN2O3. The molecule has 0 aliphatic heterocycles. The fourth-order valence-corrected chi connectivity index (χ4v) is 6.98. The predicted octanol–water partition coefficient (Wildman–Crippen LogP) is 4.54. The third-order valence-electron chi connectivity index (χ3n) is 6.02. The van der Waals surface area contributed by atoms with Crippen molar-refractivity contribution in [1.82, 2.24) is 0 Å². The SMILES string of the molecule is COC(=O)Nc1cccc(NC(=O)C23CC4CC(CC(Br)(C4)C2)C3)c1. The number of benzene rings is 1. The lowest BCUT2D eigenvalue weighted by molar-refractivity contribution is -0.138. The van der Waals surface area contributed by atoms with Crippen molar-refractivity contribution in [3.05, 3.63) is 24.3 Å². The number of carbonyl (C=O) groups excluding carboxylic acids is 2. The van der Waals surface area contributed by atoms with Crippen LogP contribution in [0.5, 0.6) is 0 Å². The first-order chi connectivity index (χ1) is 11.9. The van der Waals surface area contributed by atoms with E-state index in [1.807, 2.05) is 12.1 Å². The van der Waals surface area contributed by atoms with Crippen molar-refractivity contribution in [1.29, 1.82) is 0 Å². The van der Waals surface area contributed by atoms with E-state index < -0.39 is 6.09 Å². The summed E-state index contributed by atoms with van der Waals surface area (Å²) in [6.45, 7) is 0. The molecule has 5 nitrogen and oxygen atoms in total. The minimum Gasteiger partial charge on any atom is -0.453 e. The van der Waals surface area contributed by atoms with Crippen molar-refractivity contribution in [2.24, 2.45) is 17.3 Å². The van der Waals surface area contributed by atoms with Gasteiger partial charge in [-0.15, -0.1) is 0 Å². The van der Waals surface area contributed by atoms with Gasteiger partial charge < -0.3 is 10.1 Å². The van der Waals surface area contributed by atoms with Crippen LogP contribution in [0.3, 0.4) is 0 Å². The van der Waals surface area contributed by atoms with Crippen LogP contribution in [-0.4, -0.2) is 23.4 Å². The highest BCUT2D eigenvalue weighted by atomic mass is 79.9. The Hall–Kier alpha value is -1.56. The van der Waals surface area contributed by atoms with E-state index in [9.17, 15) is 9.59 Å². The highest BCUT2D eigenvalue weighted by Gasteiger charge is 2.59. The van der Waals surface area contributed by atoms with E-state index in [4.69, 9.17) is 0 Å². The maximum atomic E-state index is 13.2. The van der Waals surface area contributed by atoms with Gasteiger partial charge in [-0.3, -0.25) is 10.1 Å². The van der Waals surface area contributed by atoms with Gasteiger partial charge in [-0.1, -0.05) is 22.0 Å². The molecule has 2 atom stereocenters. The second-order valence-electron chi connectivity index (χ2n) is 8.04. The number of hydrogen-bond donors (Lipinski definition) is 2. The van der Waals surface area contributed by atoms with Crippen molar-refractivity contribution in [2.45, 2.75) is 42.8 Å². The fourth-order valence-electron chi connectivity index (χ4n) is 5.52. The van der Waals surface area contributed by atoms with Gasteiger partial charge in [0.15, 0.2) is 0 Å². The lowest BCUT2D eigenvalue weighted by Gasteiger charge is -2.59. The first kappa shape index (κ1) is 16.9. The van der Waals surface area contributed by atoms with Crippen LogP contribution < -0.4 is 10.6 Å². The molecule has 6 heteroatoms. The molecule has 4 fully saturated rings. The first-order valence-electron chi connectivity index (χ1n) is 8.85. The van der Waals surface area contributed by atoms with Crippen molar-refractivity contribution in [3.63, 3.8) is 0 Å². The minimum atomic E-state index is -0.522. The van der Waals surface area contributed by atoms with Crippen molar-refractivity contribution < 1.29 is 14.3 Å². The highest BCUT2D eigenvalue weighted by molar-refractivity contribution is 9.10. The van der Waals surface area contributed by atoms with Crippen LogP contribution in [0.15, 0.2) is 24.3 Å². The van der Waals surface area contributed by atoms with Gasteiger partial charge in [0.05, 0.1) is 12.5 Å². The molecule has 0 heterocycles. The summed E-state index contributed by atoms with van der Waals surface area (Å²) in [5, 5.41) is 5.72. The number of nitrogens with one attached hydrogen (secondary N) is 2. The molecule has 2 N–H and O–H groups in total. The molecule has 4 aliphatic carbocycles. The second kappa shape index (κ2) is 6.01. The van der Waals surface area contributed by atoms with E-state index >= 15 is 0 Å². The van der Waals surface area contributed by atoms with E-state index in [0.29, 0.717) is 23.2 Å². The molecule has 0 spiro atoms. The third kappa shape index (κ3) is 3.16. The van der Waals surface area contributed by atoms with Crippen LogP contribution in [0.4, 0.5) is 16.2 Å². The molecule has 25 heavy (non-hydrogen) atoms. The number of methoxy groups -OCH3 is 1. The average Bonchev–Trinajstić information content (AvgIpc) is 2.52. The number of rotatable bonds is 3. The molecule has 4 bridgehead atoms. The molecular weight excluding hydrogens is 384 g/mol. The molecule has 2 amide bonds. The zero-order chi connectivity index (χ0) is 17.7. The van der Waals surface area contributed by atoms with E-state index in [1.54, 1.807) is 12.1 Å². The lowest BCUT2D eigenvalue weighted by Crippen LogP contribution is -2.57. The maximum Gasteiger partial charge on any atom is 0.411 e. The Bertz CT molecular complexity index is 706. The number of amides is 2. The smallest absolute Gasteiger partial charge is 0.411 e. The Morgan fingerprint density at radius 1 is 1.12 bits per heavy atom. The van der Waals surface area contributed by atoms with Gasteiger partial charge in [0.2, 0.25) is 5.91 Å². The predicted molar refractivity (Wildman–Crippen MR) is 99.9 cm³/mol. The third-order valence-corrected chi connectivity index (χ3v) is 6.95. The Morgan fingerprint density at radius 2 is 1.76 bits per heavy atom. The standard InChI is InChI=1S/C19H23BrN2O3/c1-25-17(24)22-15-4-2-3-14(6-15)21-16(23)18-7-12-5-13(8-18)10-19(20,9-12)11-18/h2-4,6,12-13H,5,7-11H2,1H3,(H,21,23)(H,22,24). The molecule has 1 aromatic carbocycles. The number of hydrogen-bond acceptors (Lipinski definition) is 3. The molecule has 0 radical (unpaired) electrons. The van der Waals surface area contributed by atoms with Crippen LogP contribution in [0.2, 0.25) is 0 Å². The van der Waals surface area contributed by atoms with Crippen LogP contribution in [0, 0.1) is 17.3 Å². The summed E-state index contributed by atoms with van der Waals surface area (Å²) >= 11 is 3.95. The summed E-state index contributed by atoms with van der Waals surface area (Å²) in [6, 6.07) is 7.20. The number of carbonyl (C=O) groups is 2. The van der Waals surface area contributed by atoms with Crippen LogP contribution in [0.25, 0.3) is 0 Å². The molecule has 134 valence electrons. The quantitative estimate of drug-likeness (QED) is 0.724. The van der Waals surface area contributed by atoms with Crippen LogP contribution >= 0.6 is 15.9 Å². The monoisotopic (exact) mass is 406 g/mol. The van der Waals surface area contributed by atoms with Gasteiger partial charge in [-0.05, 0) is 68.6 Å². The Balaban J connectivity index is 1.51. The number of ether oxygens (including phenoxy) is 1. The van der Waals surface area contributed by atoms with Gasteiger partial charge in [-0.25, -0.2) is 4.79 Å². The van der Waals surface area contributed by atoms with E-state index in [2.05, 4.69) is 31.3 Å². The summed E-state index contributed by atoms with van der Waals surface area (Å²) in [7, 11) is 1.32. The molecule has 1 aromatic rings. The van der Waals surface area contributed by atoms with Gasteiger partial charge in [0.25, 0.3) is 0 Å². The van der Waals surface area contributed by atoms with Crippen LogP contribution in [0.1, 0.15) is 38.5 Å². The highest BCUT2D eigenvalue weighted by Crippen LogP contribution is 2.64. The van der Waals surface area contributed by atoms with Crippen molar-refractivity contribution in [3.8, 4) is 0 Å². The number of anilines is 2. The summed E-state index contributed by atoms with van der Waals surface area (Å²) < 4.78 is 4.76. The molecule has 0 aromatic heterocycles. The molecule has 5 rings (SSSR count). The van der Waals surface area contributed by atoms with E-state index in [1.165, 1.54) is 26.4 Å². The summed E-state index contributed by atoms with van der Waals surface area (Å²) in [6.07, 6.45) is 6.10. The Morgan fingerprint density at radius 3 is 2.36 bits per heavy atom. The zero-order valence-corrected chi connectivity index (χ0v) is 15.9. The van der Waals surface area contributed by atoms with Gasteiger partial charge >= 0.3 is 6.09 Å². The summed E-state index contributed by atoms with van der Waals surface area (Å²) in [4.78, 5) is 24.5. The topological polar surface area (TPSA) is 67.4 Å². The normalized spacial score (nSPS) is 35.3. The molecule has 4 aliphatic rings. The van der Waals surface area contributed by atoms with Gasteiger partial charge in [0, 0.05) is 15.7 Å². The lowest BCUT2D eigenvalue weighted by atomic mass is 9.49. The average molecular weight is 407 g/mol. The number of halogens is 1. The van der Waals surface area contributed by atoms with Crippen molar-refractivity contribution in [2.75, 3.05) is 17.7 Å². The molecule has 2 unspecified atom stereocenters. The van der Waals surface area contributed by atoms with Crippen LogP contribution in [-0.2, 0) is 9.53 Å². The van der Waals surface area contributed by atoms with Gasteiger partial charge in [-0.2, -0.15) is 0 Å². The summed E-state index contributed by atoms with van der Waals surface area (Å²) in [5.74, 6) is 1.46.